The molecular weight excluding hydrogens is 242 g/mol. The van der Waals surface area contributed by atoms with Gasteiger partial charge >= 0.3 is 0 Å². The van der Waals surface area contributed by atoms with Crippen molar-refractivity contribution in [1.29, 1.82) is 0 Å². The van der Waals surface area contributed by atoms with Gasteiger partial charge in [0.1, 0.15) is 0 Å². The minimum absolute atomic E-state index is 0.0963. The van der Waals surface area contributed by atoms with Gasteiger partial charge in [0.05, 0.1) is 17.7 Å². The maximum absolute atomic E-state index is 11.9. The van der Waals surface area contributed by atoms with E-state index in [9.17, 15) is 18.4 Å². The van der Waals surface area contributed by atoms with Crippen molar-refractivity contribution in [2.24, 2.45) is 0 Å². The summed E-state index contributed by atoms with van der Waals surface area (Å²) in [5.74, 6) is -0.733. The highest BCUT2D eigenvalue weighted by atomic mass is 19.3. The van der Waals surface area contributed by atoms with Crippen molar-refractivity contribution in [2.45, 2.75) is 6.43 Å². The number of imide groups is 1. The standard InChI is InChI=1S/C12H12F2N2O2/c13-10(14)7-15-5-6-16-11(17)8-3-1-2-4-9(8)12(16)18/h1-4,10,15H,5-7H2. The van der Waals surface area contributed by atoms with E-state index in [2.05, 4.69) is 5.32 Å². The molecule has 0 saturated carbocycles. The number of benzene rings is 1. The molecule has 0 bridgehead atoms. The molecule has 1 aromatic rings. The molecule has 0 aliphatic carbocycles. The van der Waals surface area contributed by atoms with E-state index in [4.69, 9.17) is 0 Å². The van der Waals surface area contributed by atoms with E-state index < -0.39 is 13.0 Å². The molecule has 0 spiro atoms. The van der Waals surface area contributed by atoms with Crippen molar-refractivity contribution in [3.05, 3.63) is 35.4 Å². The normalized spacial score (nSPS) is 14.5. The molecular formula is C12H12F2N2O2. The van der Waals surface area contributed by atoms with Crippen LogP contribution in [0.1, 0.15) is 20.7 Å². The Morgan fingerprint density at radius 3 is 2.17 bits per heavy atom. The fourth-order valence-corrected chi connectivity index (χ4v) is 1.84. The van der Waals surface area contributed by atoms with Gasteiger partial charge in [0.15, 0.2) is 0 Å². The van der Waals surface area contributed by atoms with Gasteiger partial charge in [0.25, 0.3) is 18.2 Å². The molecule has 18 heavy (non-hydrogen) atoms. The number of rotatable bonds is 5. The molecule has 6 heteroatoms. The molecule has 1 aliphatic heterocycles. The molecule has 2 rings (SSSR count). The minimum Gasteiger partial charge on any atom is -0.310 e. The third-order valence-corrected chi connectivity index (χ3v) is 2.69. The minimum atomic E-state index is -2.44. The first-order chi connectivity index (χ1) is 8.61. The third kappa shape index (κ3) is 2.38. The summed E-state index contributed by atoms with van der Waals surface area (Å²) in [6.45, 7) is -0.182. The summed E-state index contributed by atoms with van der Waals surface area (Å²) in [5, 5.41) is 2.48. The molecule has 4 nitrogen and oxygen atoms in total. The average molecular weight is 254 g/mol. The lowest BCUT2D eigenvalue weighted by Crippen LogP contribution is -2.37. The van der Waals surface area contributed by atoms with Gasteiger partial charge in [-0.2, -0.15) is 0 Å². The third-order valence-electron chi connectivity index (χ3n) is 2.69. The Bertz CT molecular complexity index is 442. The van der Waals surface area contributed by atoms with E-state index in [1.54, 1.807) is 24.3 Å². The molecule has 0 unspecified atom stereocenters. The van der Waals surface area contributed by atoms with Gasteiger partial charge < -0.3 is 5.32 Å². The Morgan fingerprint density at radius 1 is 1.11 bits per heavy atom. The highest BCUT2D eigenvalue weighted by Gasteiger charge is 2.34. The number of alkyl halides is 2. The van der Waals surface area contributed by atoms with Crippen LogP contribution in [0.4, 0.5) is 8.78 Å². The summed E-state index contributed by atoms with van der Waals surface area (Å²) in [4.78, 5) is 24.8. The zero-order chi connectivity index (χ0) is 13.1. The second kappa shape index (κ2) is 5.22. The number of hydrogen-bond donors (Lipinski definition) is 1. The number of carbonyl (C=O) groups excluding carboxylic acids is 2. The first-order valence-electron chi connectivity index (χ1n) is 5.55. The van der Waals surface area contributed by atoms with Crippen LogP contribution in [0, 0.1) is 0 Å². The topological polar surface area (TPSA) is 49.4 Å². The van der Waals surface area contributed by atoms with Crippen LogP contribution >= 0.6 is 0 Å². The molecule has 96 valence electrons. The highest BCUT2D eigenvalue weighted by Crippen LogP contribution is 2.21. The van der Waals surface area contributed by atoms with Crippen molar-refractivity contribution in [1.82, 2.24) is 10.2 Å². The van der Waals surface area contributed by atoms with E-state index >= 15 is 0 Å². The SMILES string of the molecule is O=C1c2ccccc2C(=O)N1CCNCC(F)F. The Labute approximate surface area is 103 Å². The summed E-state index contributed by atoms with van der Waals surface area (Å²) in [6, 6.07) is 6.54. The smallest absolute Gasteiger partial charge is 0.261 e. The van der Waals surface area contributed by atoms with Crippen molar-refractivity contribution >= 4 is 11.8 Å². The van der Waals surface area contributed by atoms with Crippen molar-refractivity contribution < 1.29 is 18.4 Å². The molecule has 1 aromatic carbocycles. The summed E-state index contributed by atoms with van der Waals surface area (Å²) in [7, 11) is 0. The first-order valence-corrected chi connectivity index (χ1v) is 5.55. The maximum atomic E-state index is 11.9. The van der Waals surface area contributed by atoms with Gasteiger partial charge in [-0.25, -0.2) is 8.78 Å². The van der Waals surface area contributed by atoms with Crippen LogP contribution < -0.4 is 5.32 Å². The quantitative estimate of drug-likeness (QED) is 0.633. The van der Waals surface area contributed by atoms with Crippen LogP contribution in [0.2, 0.25) is 0 Å². The van der Waals surface area contributed by atoms with Gasteiger partial charge in [0.2, 0.25) is 0 Å². The summed E-state index contributed by atoms with van der Waals surface area (Å²) in [5.41, 5.74) is 0.743. The van der Waals surface area contributed by atoms with E-state index in [-0.39, 0.29) is 24.9 Å². The number of fused-ring (bicyclic) bond motifs is 1. The van der Waals surface area contributed by atoms with Crippen LogP contribution in [0.15, 0.2) is 24.3 Å². The Hall–Kier alpha value is -1.82. The van der Waals surface area contributed by atoms with Crippen LogP contribution in [0.3, 0.4) is 0 Å². The van der Waals surface area contributed by atoms with Crippen LogP contribution in [0.5, 0.6) is 0 Å². The van der Waals surface area contributed by atoms with Gasteiger partial charge in [-0.3, -0.25) is 14.5 Å². The fourth-order valence-electron chi connectivity index (χ4n) is 1.84. The fraction of sp³-hybridized carbons (Fsp3) is 0.333. The predicted octanol–water partition coefficient (Wildman–Crippen LogP) is 1.14. The molecule has 1 N–H and O–H groups in total. The lowest BCUT2D eigenvalue weighted by atomic mass is 10.1. The van der Waals surface area contributed by atoms with Crippen molar-refractivity contribution in [2.75, 3.05) is 19.6 Å². The average Bonchev–Trinajstić information content (AvgIpc) is 2.59. The van der Waals surface area contributed by atoms with E-state index in [0.29, 0.717) is 11.1 Å². The second-order valence-electron chi connectivity index (χ2n) is 3.90. The second-order valence-corrected chi connectivity index (χ2v) is 3.90. The molecule has 0 atom stereocenters. The summed E-state index contributed by atoms with van der Waals surface area (Å²) in [6.07, 6.45) is -2.44. The van der Waals surface area contributed by atoms with Crippen molar-refractivity contribution in [3.63, 3.8) is 0 Å². The lowest BCUT2D eigenvalue weighted by molar-refractivity contribution is 0.0653. The van der Waals surface area contributed by atoms with Gasteiger partial charge in [-0.15, -0.1) is 0 Å². The summed E-state index contributed by atoms with van der Waals surface area (Å²) < 4.78 is 23.8. The van der Waals surface area contributed by atoms with E-state index in [0.717, 1.165) is 4.90 Å². The van der Waals surface area contributed by atoms with Gasteiger partial charge in [-0.1, -0.05) is 12.1 Å². The summed E-state index contributed by atoms with van der Waals surface area (Å²) >= 11 is 0. The van der Waals surface area contributed by atoms with E-state index in [1.165, 1.54) is 0 Å². The van der Waals surface area contributed by atoms with E-state index in [1.807, 2.05) is 0 Å². The molecule has 0 fully saturated rings. The monoisotopic (exact) mass is 254 g/mol. The molecule has 1 heterocycles. The lowest BCUT2D eigenvalue weighted by Gasteiger charge is -2.13. The van der Waals surface area contributed by atoms with Crippen LogP contribution in [-0.4, -0.2) is 42.8 Å². The number of amides is 2. The molecule has 0 radical (unpaired) electrons. The number of nitrogens with one attached hydrogen (secondary N) is 1. The molecule has 1 aliphatic rings. The zero-order valence-electron chi connectivity index (χ0n) is 9.53. The Kier molecular flexibility index (Phi) is 3.66. The van der Waals surface area contributed by atoms with Crippen LogP contribution in [0.25, 0.3) is 0 Å². The Balaban J connectivity index is 1.97. The molecule has 0 aromatic heterocycles. The first kappa shape index (κ1) is 12.6. The maximum Gasteiger partial charge on any atom is 0.261 e. The van der Waals surface area contributed by atoms with Gasteiger partial charge in [-0.05, 0) is 12.1 Å². The van der Waals surface area contributed by atoms with Crippen molar-refractivity contribution in [3.8, 4) is 0 Å². The predicted molar refractivity (Wildman–Crippen MR) is 60.7 cm³/mol. The molecule has 2 amide bonds. The molecule has 0 saturated heterocycles. The zero-order valence-corrected chi connectivity index (χ0v) is 9.53. The largest absolute Gasteiger partial charge is 0.310 e. The Morgan fingerprint density at radius 2 is 1.67 bits per heavy atom. The highest BCUT2D eigenvalue weighted by molar-refractivity contribution is 6.21. The van der Waals surface area contributed by atoms with Gasteiger partial charge in [0, 0.05) is 13.1 Å². The van der Waals surface area contributed by atoms with Crippen LogP contribution in [-0.2, 0) is 0 Å². The number of halogens is 2. The number of nitrogens with zero attached hydrogens (tertiary/aromatic N) is 1. The number of hydrogen-bond acceptors (Lipinski definition) is 3. The number of carbonyl (C=O) groups is 2.